The smallest absolute Gasteiger partial charge is 0.0717 e. The lowest BCUT2D eigenvalue weighted by Crippen LogP contribution is -2.10. The highest BCUT2D eigenvalue weighted by atomic mass is 16.5. The molecule has 0 unspecified atom stereocenters. The zero-order valence-electron chi connectivity index (χ0n) is 12.0. The molecule has 1 rings (SSSR count). The summed E-state index contributed by atoms with van der Waals surface area (Å²) in [6, 6.07) is 10.5. The Bertz CT molecular complexity index is 273. The minimum atomic E-state index is 0.758. The molecular formula is C17H28O. The summed E-state index contributed by atoms with van der Waals surface area (Å²) in [4.78, 5) is 0. The zero-order chi connectivity index (χ0) is 13.1. The van der Waals surface area contributed by atoms with Crippen LogP contribution in [-0.4, -0.2) is 6.61 Å². The Balaban J connectivity index is 2.23. The van der Waals surface area contributed by atoms with Crippen molar-refractivity contribution in [2.45, 2.75) is 59.0 Å². The first-order valence-electron chi connectivity index (χ1n) is 7.48. The molecule has 1 nitrogen and oxygen atoms in total. The maximum Gasteiger partial charge on any atom is 0.0717 e. The third kappa shape index (κ3) is 6.80. The lowest BCUT2D eigenvalue weighted by Gasteiger charge is -2.16. The number of hydrogen-bond acceptors (Lipinski definition) is 1. The largest absolute Gasteiger partial charge is 0.376 e. The molecule has 0 radical (unpaired) electrons. The first-order valence-corrected chi connectivity index (χ1v) is 7.48. The number of benzene rings is 1. The molecule has 0 heterocycles. The van der Waals surface area contributed by atoms with Crippen LogP contribution in [0.25, 0.3) is 0 Å². The third-order valence-electron chi connectivity index (χ3n) is 3.40. The average Bonchev–Trinajstić information content (AvgIpc) is 2.42. The summed E-state index contributed by atoms with van der Waals surface area (Å²) in [5.41, 5.74) is 1.28. The molecule has 0 aromatic heterocycles. The van der Waals surface area contributed by atoms with E-state index in [4.69, 9.17) is 4.74 Å². The van der Waals surface area contributed by atoms with Crippen molar-refractivity contribution >= 4 is 0 Å². The Morgan fingerprint density at radius 2 is 1.56 bits per heavy atom. The van der Waals surface area contributed by atoms with Crippen LogP contribution < -0.4 is 0 Å². The van der Waals surface area contributed by atoms with E-state index in [1.807, 2.05) is 0 Å². The molecule has 1 heteroatoms. The number of hydrogen-bond donors (Lipinski definition) is 0. The summed E-state index contributed by atoms with van der Waals surface area (Å²) >= 11 is 0. The van der Waals surface area contributed by atoms with Gasteiger partial charge in [-0.2, -0.15) is 0 Å². The highest BCUT2D eigenvalue weighted by Gasteiger charge is 2.08. The summed E-state index contributed by atoms with van der Waals surface area (Å²) in [7, 11) is 0. The molecule has 0 spiro atoms. The molecule has 18 heavy (non-hydrogen) atoms. The predicted molar refractivity (Wildman–Crippen MR) is 78.6 cm³/mol. The van der Waals surface area contributed by atoms with Gasteiger partial charge >= 0.3 is 0 Å². The van der Waals surface area contributed by atoms with Gasteiger partial charge in [-0.05, 0) is 24.3 Å². The van der Waals surface area contributed by atoms with Crippen molar-refractivity contribution in [3.8, 4) is 0 Å². The predicted octanol–water partition coefficient (Wildman–Crippen LogP) is 5.20. The van der Waals surface area contributed by atoms with E-state index in [0.717, 1.165) is 19.1 Å². The molecule has 0 saturated carbocycles. The molecule has 0 saturated heterocycles. The third-order valence-corrected chi connectivity index (χ3v) is 3.40. The van der Waals surface area contributed by atoms with Crippen LogP contribution in [0.5, 0.6) is 0 Å². The maximum absolute atomic E-state index is 5.88. The van der Waals surface area contributed by atoms with Gasteiger partial charge in [0.05, 0.1) is 6.61 Å². The first kappa shape index (κ1) is 15.2. The van der Waals surface area contributed by atoms with Gasteiger partial charge in [-0.3, -0.25) is 0 Å². The molecule has 102 valence electrons. The Kier molecular flexibility index (Phi) is 8.58. The van der Waals surface area contributed by atoms with Crippen LogP contribution in [0.2, 0.25) is 0 Å². The van der Waals surface area contributed by atoms with Gasteiger partial charge in [-0.15, -0.1) is 0 Å². The summed E-state index contributed by atoms with van der Waals surface area (Å²) in [5, 5.41) is 0. The Labute approximate surface area is 113 Å². The van der Waals surface area contributed by atoms with Gasteiger partial charge in [0, 0.05) is 6.61 Å². The summed E-state index contributed by atoms with van der Waals surface area (Å²) in [6.45, 7) is 6.22. The van der Waals surface area contributed by atoms with E-state index >= 15 is 0 Å². The fourth-order valence-electron chi connectivity index (χ4n) is 2.21. The summed E-state index contributed by atoms with van der Waals surface area (Å²) in [6.07, 6.45) is 7.91. The van der Waals surface area contributed by atoms with E-state index in [-0.39, 0.29) is 0 Å². The van der Waals surface area contributed by atoms with Crippen LogP contribution in [0.3, 0.4) is 0 Å². The average molecular weight is 248 g/mol. The molecule has 0 aliphatic rings. The quantitative estimate of drug-likeness (QED) is 0.553. The topological polar surface area (TPSA) is 9.23 Å². The van der Waals surface area contributed by atoms with Crippen LogP contribution in [0.15, 0.2) is 30.3 Å². The van der Waals surface area contributed by atoms with Crippen molar-refractivity contribution in [3.05, 3.63) is 35.9 Å². The molecule has 0 aliphatic carbocycles. The molecule has 0 bridgehead atoms. The second-order valence-corrected chi connectivity index (χ2v) is 5.15. The van der Waals surface area contributed by atoms with Crippen LogP contribution in [0.1, 0.15) is 57.9 Å². The minimum absolute atomic E-state index is 0.758. The van der Waals surface area contributed by atoms with E-state index < -0.39 is 0 Å². The molecule has 0 fully saturated rings. The van der Waals surface area contributed by atoms with Gasteiger partial charge in [0.1, 0.15) is 0 Å². The van der Waals surface area contributed by atoms with E-state index in [2.05, 4.69) is 44.2 Å². The Morgan fingerprint density at radius 1 is 0.944 bits per heavy atom. The Hall–Kier alpha value is -0.820. The molecule has 0 N–H and O–H groups in total. The normalized spacial score (nSPS) is 11.1. The molecule has 0 aliphatic heterocycles. The zero-order valence-corrected chi connectivity index (χ0v) is 12.0. The monoisotopic (exact) mass is 248 g/mol. The highest BCUT2D eigenvalue weighted by molar-refractivity contribution is 5.13. The number of unbranched alkanes of at least 4 members (excludes halogenated alkanes) is 2. The molecule has 0 amide bonds. The van der Waals surface area contributed by atoms with Crippen LogP contribution in [0.4, 0.5) is 0 Å². The lowest BCUT2D eigenvalue weighted by atomic mass is 9.97. The van der Waals surface area contributed by atoms with Crippen molar-refractivity contribution in [2.24, 2.45) is 5.92 Å². The van der Waals surface area contributed by atoms with Crippen LogP contribution >= 0.6 is 0 Å². The van der Waals surface area contributed by atoms with Gasteiger partial charge in [0.15, 0.2) is 0 Å². The van der Waals surface area contributed by atoms with Crippen molar-refractivity contribution in [1.82, 2.24) is 0 Å². The van der Waals surface area contributed by atoms with Crippen molar-refractivity contribution in [3.63, 3.8) is 0 Å². The highest BCUT2D eigenvalue weighted by Crippen LogP contribution is 2.17. The van der Waals surface area contributed by atoms with E-state index in [1.165, 1.54) is 44.1 Å². The van der Waals surface area contributed by atoms with Crippen LogP contribution in [0, 0.1) is 5.92 Å². The fourth-order valence-corrected chi connectivity index (χ4v) is 2.21. The standard InChI is InChI=1S/C17H28O/c1-3-5-10-16(11-6-4-2)14-18-15-17-12-8-7-9-13-17/h7-9,12-13,16H,3-6,10-11,14-15H2,1-2H3. The van der Waals surface area contributed by atoms with Gasteiger partial charge < -0.3 is 4.74 Å². The van der Waals surface area contributed by atoms with Crippen LogP contribution in [-0.2, 0) is 11.3 Å². The van der Waals surface area contributed by atoms with E-state index in [0.29, 0.717) is 0 Å². The second-order valence-electron chi connectivity index (χ2n) is 5.15. The van der Waals surface area contributed by atoms with Crippen molar-refractivity contribution in [1.29, 1.82) is 0 Å². The van der Waals surface area contributed by atoms with Crippen molar-refractivity contribution in [2.75, 3.05) is 6.61 Å². The van der Waals surface area contributed by atoms with Crippen molar-refractivity contribution < 1.29 is 4.74 Å². The summed E-state index contributed by atoms with van der Waals surface area (Å²) in [5.74, 6) is 0.758. The fraction of sp³-hybridized carbons (Fsp3) is 0.647. The number of ether oxygens (including phenoxy) is 1. The molecule has 1 aromatic carbocycles. The molecule has 1 aromatic rings. The molecular weight excluding hydrogens is 220 g/mol. The Morgan fingerprint density at radius 3 is 2.11 bits per heavy atom. The maximum atomic E-state index is 5.88. The van der Waals surface area contributed by atoms with E-state index in [1.54, 1.807) is 0 Å². The first-order chi connectivity index (χ1) is 8.86. The van der Waals surface area contributed by atoms with Gasteiger partial charge in [0.25, 0.3) is 0 Å². The van der Waals surface area contributed by atoms with Gasteiger partial charge in [-0.1, -0.05) is 69.9 Å². The second kappa shape index (κ2) is 10.1. The SMILES string of the molecule is CCCCC(CCCC)COCc1ccccc1. The number of rotatable bonds is 10. The molecule has 0 atom stereocenters. The van der Waals surface area contributed by atoms with Gasteiger partial charge in [0.2, 0.25) is 0 Å². The lowest BCUT2D eigenvalue weighted by molar-refractivity contribution is 0.0795. The van der Waals surface area contributed by atoms with Gasteiger partial charge in [-0.25, -0.2) is 0 Å². The van der Waals surface area contributed by atoms with E-state index in [9.17, 15) is 0 Å². The summed E-state index contributed by atoms with van der Waals surface area (Å²) < 4.78 is 5.88. The minimum Gasteiger partial charge on any atom is -0.376 e.